The lowest BCUT2D eigenvalue weighted by molar-refractivity contribution is 0.0988. The topological polar surface area (TPSA) is 34.9 Å². The summed E-state index contributed by atoms with van der Waals surface area (Å²) in [5.41, 5.74) is 3.94. The highest BCUT2D eigenvalue weighted by molar-refractivity contribution is 5.97. The molecule has 2 rings (SSSR count). The normalized spacial score (nSPS) is 10.6. The molecule has 0 spiro atoms. The third kappa shape index (κ3) is 2.35. The number of carbonyl (C=O) groups excluding carboxylic acids is 1. The minimum atomic E-state index is 0.178. The zero-order valence-electron chi connectivity index (χ0n) is 11.1. The Morgan fingerprint density at radius 2 is 2.11 bits per heavy atom. The van der Waals surface area contributed by atoms with Crippen LogP contribution in [0.5, 0.6) is 0 Å². The molecular weight excluding hydrogens is 224 g/mol. The van der Waals surface area contributed by atoms with Crippen molar-refractivity contribution in [1.82, 2.24) is 9.78 Å². The molecule has 1 aromatic carbocycles. The number of hydrogen-bond donors (Lipinski definition) is 0. The summed E-state index contributed by atoms with van der Waals surface area (Å²) in [7, 11) is 0. The van der Waals surface area contributed by atoms with E-state index in [-0.39, 0.29) is 5.78 Å². The van der Waals surface area contributed by atoms with Crippen LogP contribution in [-0.4, -0.2) is 15.6 Å². The highest BCUT2D eigenvalue weighted by Crippen LogP contribution is 2.23. The molecule has 0 unspecified atom stereocenters. The van der Waals surface area contributed by atoms with Gasteiger partial charge in [0.1, 0.15) is 0 Å². The van der Waals surface area contributed by atoms with Gasteiger partial charge in [0.25, 0.3) is 0 Å². The fraction of sp³-hybridized carbons (Fsp3) is 0.333. The summed E-state index contributed by atoms with van der Waals surface area (Å²) in [6.07, 6.45) is 2.57. The molecule has 1 aromatic heterocycles. The zero-order chi connectivity index (χ0) is 13.1. The maximum atomic E-state index is 11.7. The van der Waals surface area contributed by atoms with Crippen molar-refractivity contribution < 1.29 is 4.79 Å². The number of aromatic nitrogens is 2. The average Bonchev–Trinajstić information content (AvgIpc) is 2.79. The van der Waals surface area contributed by atoms with Gasteiger partial charge in [0.2, 0.25) is 0 Å². The number of Topliss-reactive ketones (excluding diaryl/α,β-unsaturated/α-hetero) is 1. The number of aryl methyl sites for hydroxylation is 2. The van der Waals surface area contributed by atoms with E-state index >= 15 is 0 Å². The predicted molar refractivity (Wildman–Crippen MR) is 72.7 cm³/mol. The first-order chi connectivity index (χ1) is 8.65. The molecule has 3 nitrogen and oxygen atoms in total. The number of benzene rings is 1. The van der Waals surface area contributed by atoms with Crippen LogP contribution >= 0.6 is 0 Å². The van der Waals surface area contributed by atoms with E-state index in [4.69, 9.17) is 0 Å². The summed E-state index contributed by atoms with van der Waals surface area (Å²) in [5.74, 6) is 0.178. The second kappa shape index (κ2) is 5.17. The Bertz CT molecular complexity index is 570. The third-order valence-electron chi connectivity index (χ3n) is 3.09. The molecule has 0 radical (unpaired) electrons. The molecule has 0 fully saturated rings. The molecule has 0 aliphatic heterocycles. The monoisotopic (exact) mass is 242 g/mol. The van der Waals surface area contributed by atoms with Crippen LogP contribution in [0.1, 0.15) is 36.3 Å². The minimum absolute atomic E-state index is 0.178. The maximum Gasteiger partial charge on any atom is 0.162 e. The fourth-order valence-electron chi connectivity index (χ4n) is 2.03. The van der Waals surface area contributed by atoms with E-state index in [1.807, 2.05) is 49.0 Å². The average molecular weight is 242 g/mol. The van der Waals surface area contributed by atoms with Gasteiger partial charge in [0.15, 0.2) is 5.78 Å². The van der Waals surface area contributed by atoms with E-state index in [1.54, 1.807) is 0 Å². The lowest BCUT2D eigenvalue weighted by atomic mass is 10.0. The second-order valence-electron chi connectivity index (χ2n) is 4.34. The quantitative estimate of drug-likeness (QED) is 0.769. The van der Waals surface area contributed by atoms with E-state index in [2.05, 4.69) is 12.0 Å². The largest absolute Gasteiger partial charge is 0.294 e. The summed E-state index contributed by atoms with van der Waals surface area (Å²) in [6.45, 7) is 6.80. The number of nitrogens with zero attached hydrogens (tertiary/aromatic N) is 2. The number of ketones is 1. The molecule has 1 heterocycles. The van der Waals surface area contributed by atoms with Gasteiger partial charge >= 0.3 is 0 Å². The van der Waals surface area contributed by atoms with Crippen molar-refractivity contribution in [2.24, 2.45) is 0 Å². The van der Waals surface area contributed by atoms with Crippen molar-refractivity contribution in [3.63, 3.8) is 0 Å². The molecule has 0 N–H and O–H groups in total. The smallest absolute Gasteiger partial charge is 0.162 e. The highest BCUT2D eigenvalue weighted by Gasteiger charge is 2.09. The molecule has 2 aromatic rings. The van der Waals surface area contributed by atoms with Gasteiger partial charge < -0.3 is 0 Å². The van der Waals surface area contributed by atoms with Crippen molar-refractivity contribution in [1.29, 1.82) is 0 Å². The van der Waals surface area contributed by atoms with Crippen molar-refractivity contribution >= 4 is 5.78 Å². The minimum Gasteiger partial charge on any atom is -0.294 e. The second-order valence-corrected chi connectivity index (χ2v) is 4.34. The van der Waals surface area contributed by atoms with Gasteiger partial charge in [0.05, 0.1) is 5.69 Å². The summed E-state index contributed by atoms with van der Waals surface area (Å²) in [4.78, 5) is 11.7. The standard InChI is InChI=1S/C15H18N2O/c1-4-15(18)13-8-6-7-12(9-13)14-10-17(5-2)16-11(14)3/h6-10H,4-5H2,1-3H3. The Kier molecular flexibility index (Phi) is 3.60. The molecule has 0 bridgehead atoms. The van der Waals surface area contributed by atoms with Gasteiger partial charge in [-0.2, -0.15) is 5.10 Å². The van der Waals surface area contributed by atoms with Crippen LogP contribution in [0, 0.1) is 6.92 Å². The Morgan fingerprint density at radius 3 is 2.72 bits per heavy atom. The van der Waals surface area contributed by atoms with Gasteiger partial charge in [-0.05, 0) is 25.5 Å². The van der Waals surface area contributed by atoms with Crippen molar-refractivity contribution in [3.05, 3.63) is 41.7 Å². The summed E-state index contributed by atoms with van der Waals surface area (Å²) >= 11 is 0. The van der Waals surface area contributed by atoms with Crippen LogP contribution < -0.4 is 0 Å². The molecule has 0 saturated heterocycles. The van der Waals surface area contributed by atoms with Crippen LogP contribution in [0.4, 0.5) is 0 Å². The molecule has 0 amide bonds. The summed E-state index contributed by atoms with van der Waals surface area (Å²) in [5, 5.41) is 4.43. The van der Waals surface area contributed by atoms with Gasteiger partial charge in [-0.3, -0.25) is 9.48 Å². The van der Waals surface area contributed by atoms with Crippen LogP contribution in [0.3, 0.4) is 0 Å². The molecule has 94 valence electrons. The predicted octanol–water partition coefficient (Wildman–Crippen LogP) is 3.47. The molecule has 3 heteroatoms. The SMILES string of the molecule is CCC(=O)c1cccc(-c2cn(CC)nc2C)c1. The molecule has 0 saturated carbocycles. The Morgan fingerprint density at radius 1 is 1.33 bits per heavy atom. The van der Waals surface area contributed by atoms with Crippen LogP contribution in [0.25, 0.3) is 11.1 Å². The molecule has 0 atom stereocenters. The number of rotatable bonds is 4. The van der Waals surface area contributed by atoms with Gasteiger partial charge in [-0.1, -0.05) is 25.1 Å². The first-order valence-corrected chi connectivity index (χ1v) is 6.33. The zero-order valence-corrected chi connectivity index (χ0v) is 11.1. The van der Waals surface area contributed by atoms with Crippen LogP contribution in [-0.2, 0) is 6.54 Å². The van der Waals surface area contributed by atoms with Gasteiger partial charge in [0, 0.05) is 30.3 Å². The highest BCUT2D eigenvalue weighted by atomic mass is 16.1. The van der Waals surface area contributed by atoms with Crippen molar-refractivity contribution in [2.45, 2.75) is 33.7 Å². The van der Waals surface area contributed by atoms with E-state index in [9.17, 15) is 4.79 Å². The van der Waals surface area contributed by atoms with Crippen LogP contribution in [0.2, 0.25) is 0 Å². The first-order valence-electron chi connectivity index (χ1n) is 6.33. The Balaban J connectivity index is 2.44. The number of hydrogen-bond acceptors (Lipinski definition) is 2. The van der Waals surface area contributed by atoms with Gasteiger partial charge in [-0.15, -0.1) is 0 Å². The van der Waals surface area contributed by atoms with Crippen LogP contribution in [0.15, 0.2) is 30.5 Å². The van der Waals surface area contributed by atoms with E-state index in [0.717, 1.165) is 28.9 Å². The van der Waals surface area contributed by atoms with Gasteiger partial charge in [-0.25, -0.2) is 0 Å². The summed E-state index contributed by atoms with van der Waals surface area (Å²) in [6, 6.07) is 7.78. The molecule has 18 heavy (non-hydrogen) atoms. The molecule has 0 aliphatic rings. The fourth-order valence-corrected chi connectivity index (χ4v) is 2.03. The third-order valence-corrected chi connectivity index (χ3v) is 3.09. The van der Waals surface area contributed by atoms with E-state index in [0.29, 0.717) is 6.42 Å². The van der Waals surface area contributed by atoms with E-state index < -0.39 is 0 Å². The van der Waals surface area contributed by atoms with Crippen molar-refractivity contribution in [3.8, 4) is 11.1 Å². The molecular formula is C15H18N2O. The molecule has 0 aliphatic carbocycles. The van der Waals surface area contributed by atoms with Crippen molar-refractivity contribution in [2.75, 3.05) is 0 Å². The lowest BCUT2D eigenvalue weighted by Crippen LogP contribution is -1.96. The first kappa shape index (κ1) is 12.6. The Labute approximate surface area is 107 Å². The van der Waals surface area contributed by atoms with E-state index in [1.165, 1.54) is 0 Å². The Hall–Kier alpha value is -1.90. The number of carbonyl (C=O) groups is 1. The maximum absolute atomic E-state index is 11.7. The summed E-state index contributed by atoms with van der Waals surface area (Å²) < 4.78 is 1.92. The lowest BCUT2D eigenvalue weighted by Gasteiger charge is -2.02.